The van der Waals surface area contributed by atoms with E-state index in [0.29, 0.717) is 15.6 Å². The highest BCUT2D eigenvalue weighted by Gasteiger charge is 2.12. The lowest BCUT2D eigenvalue weighted by Gasteiger charge is -2.09. The molecule has 0 heterocycles. The third kappa shape index (κ3) is 4.19. The fourth-order valence-corrected chi connectivity index (χ4v) is 2.20. The molecule has 2 aromatic rings. The maximum Gasteiger partial charge on any atom is 0.272 e. The Balaban J connectivity index is 1.93. The van der Waals surface area contributed by atoms with Crippen LogP contribution < -0.4 is 10.9 Å². The average Bonchev–Trinajstić information content (AvgIpc) is 2.48. The fraction of sp³-hybridized carbons (Fsp3) is 0.0667. The van der Waals surface area contributed by atoms with Gasteiger partial charge >= 0.3 is 0 Å². The summed E-state index contributed by atoms with van der Waals surface area (Å²) in [7, 11) is 0. The summed E-state index contributed by atoms with van der Waals surface area (Å²) in [6.07, 6.45) is -0.0481. The highest BCUT2D eigenvalue weighted by molar-refractivity contribution is 6.35. The van der Waals surface area contributed by atoms with Gasteiger partial charge in [-0.15, -0.1) is 0 Å². The molecule has 0 spiro atoms. The fourth-order valence-electron chi connectivity index (χ4n) is 1.72. The van der Waals surface area contributed by atoms with E-state index in [0.717, 1.165) is 6.07 Å². The van der Waals surface area contributed by atoms with Gasteiger partial charge in [0.15, 0.2) is 0 Å². The van der Waals surface area contributed by atoms with E-state index >= 15 is 0 Å². The Bertz CT molecular complexity index is 722. The van der Waals surface area contributed by atoms with Crippen LogP contribution in [0.2, 0.25) is 10.0 Å². The Morgan fingerprint density at radius 1 is 1.05 bits per heavy atom. The molecule has 2 N–H and O–H groups in total. The quantitative estimate of drug-likeness (QED) is 0.843. The van der Waals surface area contributed by atoms with Gasteiger partial charge in [0.2, 0.25) is 5.91 Å². The van der Waals surface area contributed by atoms with Crippen molar-refractivity contribution < 1.29 is 14.0 Å². The van der Waals surface area contributed by atoms with E-state index in [4.69, 9.17) is 23.2 Å². The SMILES string of the molecule is O=C(Cc1ccc(Cl)cc1Cl)NNC(=O)c1ccccc1F. The van der Waals surface area contributed by atoms with Crippen LogP contribution in [0.15, 0.2) is 42.5 Å². The van der Waals surface area contributed by atoms with Crippen LogP contribution in [0.5, 0.6) is 0 Å². The third-order valence-electron chi connectivity index (χ3n) is 2.80. The Morgan fingerprint density at radius 3 is 2.45 bits per heavy atom. The summed E-state index contributed by atoms with van der Waals surface area (Å²) in [6, 6.07) is 10.2. The van der Waals surface area contributed by atoms with Crippen LogP contribution in [0.25, 0.3) is 0 Å². The van der Waals surface area contributed by atoms with Crippen LogP contribution in [0, 0.1) is 5.82 Å². The molecule has 0 aliphatic heterocycles. The summed E-state index contributed by atoms with van der Waals surface area (Å²) in [5.41, 5.74) is 4.74. The van der Waals surface area contributed by atoms with Crippen molar-refractivity contribution in [3.63, 3.8) is 0 Å². The Hall–Kier alpha value is -2.11. The van der Waals surface area contributed by atoms with Crippen LogP contribution >= 0.6 is 23.2 Å². The van der Waals surface area contributed by atoms with Gasteiger partial charge in [0.25, 0.3) is 5.91 Å². The van der Waals surface area contributed by atoms with E-state index in [1.807, 2.05) is 0 Å². The number of benzene rings is 2. The maximum atomic E-state index is 13.4. The minimum atomic E-state index is -0.742. The second-order valence-corrected chi connectivity index (χ2v) is 5.24. The van der Waals surface area contributed by atoms with Gasteiger partial charge < -0.3 is 0 Å². The number of nitrogens with one attached hydrogen (secondary N) is 2. The van der Waals surface area contributed by atoms with Crippen molar-refractivity contribution in [2.24, 2.45) is 0 Å². The van der Waals surface area contributed by atoms with E-state index in [1.54, 1.807) is 12.1 Å². The number of halogens is 3. The number of rotatable bonds is 3. The maximum absolute atomic E-state index is 13.4. The van der Waals surface area contributed by atoms with E-state index in [1.165, 1.54) is 24.3 Å². The number of hydrogen-bond acceptors (Lipinski definition) is 2. The number of carbonyl (C=O) groups excluding carboxylic acids is 2. The number of carbonyl (C=O) groups is 2. The zero-order chi connectivity index (χ0) is 16.1. The molecule has 22 heavy (non-hydrogen) atoms. The van der Waals surface area contributed by atoms with Crippen LogP contribution in [0.4, 0.5) is 4.39 Å². The van der Waals surface area contributed by atoms with Crippen LogP contribution in [0.1, 0.15) is 15.9 Å². The molecule has 2 aromatic carbocycles. The highest BCUT2D eigenvalue weighted by Crippen LogP contribution is 2.21. The molecule has 2 amide bonds. The van der Waals surface area contributed by atoms with Gasteiger partial charge in [-0.25, -0.2) is 4.39 Å². The van der Waals surface area contributed by atoms with Gasteiger partial charge in [0, 0.05) is 10.0 Å². The normalized spacial score (nSPS) is 10.1. The Kier molecular flexibility index (Phi) is 5.35. The van der Waals surface area contributed by atoms with Gasteiger partial charge in [0.1, 0.15) is 5.82 Å². The molecule has 0 atom stereocenters. The molecule has 4 nitrogen and oxygen atoms in total. The summed E-state index contributed by atoms with van der Waals surface area (Å²) in [5, 5.41) is 0.810. The van der Waals surface area contributed by atoms with Gasteiger partial charge in [0.05, 0.1) is 12.0 Å². The largest absolute Gasteiger partial charge is 0.273 e. The van der Waals surface area contributed by atoms with Crippen LogP contribution in [-0.4, -0.2) is 11.8 Å². The smallest absolute Gasteiger partial charge is 0.272 e. The minimum absolute atomic E-state index is 0.0481. The van der Waals surface area contributed by atoms with Crippen molar-refractivity contribution in [3.8, 4) is 0 Å². The van der Waals surface area contributed by atoms with Crippen molar-refractivity contribution >= 4 is 35.0 Å². The predicted molar refractivity (Wildman–Crippen MR) is 82.2 cm³/mol. The van der Waals surface area contributed by atoms with E-state index < -0.39 is 17.6 Å². The van der Waals surface area contributed by atoms with Crippen molar-refractivity contribution in [1.82, 2.24) is 10.9 Å². The van der Waals surface area contributed by atoms with Gasteiger partial charge in [-0.2, -0.15) is 0 Å². The predicted octanol–water partition coefficient (Wildman–Crippen LogP) is 3.14. The Morgan fingerprint density at radius 2 is 1.77 bits per heavy atom. The first-order valence-corrected chi connectivity index (χ1v) is 7.00. The number of amides is 2. The summed E-state index contributed by atoms with van der Waals surface area (Å²) < 4.78 is 13.4. The monoisotopic (exact) mass is 340 g/mol. The second kappa shape index (κ2) is 7.24. The standard InChI is InChI=1S/C15H11Cl2FN2O2/c16-10-6-5-9(12(17)8-10)7-14(21)19-20-15(22)11-3-1-2-4-13(11)18/h1-6,8H,7H2,(H,19,21)(H,20,22). The summed E-state index contributed by atoms with van der Waals surface area (Å²) in [4.78, 5) is 23.5. The number of hydrazine groups is 1. The third-order valence-corrected chi connectivity index (χ3v) is 3.39. The first-order valence-electron chi connectivity index (χ1n) is 6.25. The van der Waals surface area contributed by atoms with Gasteiger partial charge in [-0.05, 0) is 29.8 Å². The van der Waals surface area contributed by atoms with Crippen molar-refractivity contribution in [1.29, 1.82) is 0 Å². The molecule has 0 aromatic heterocycles. The lowest BCUT2D eigenvalue weighted by atomic mass is 10.1. The first-order chi connectivity index (χ1) is 10.5. The molecule has 7 heteroatoms. The molecule has 0 aliphatic rings. The summed E-state index contributed by atoms with van der Waals surface area (Å²) >= 11 is 11.7. The molecule has 0 fully saturated rings. The van der Waals surface area contributed by atoms with Gasteiger partial charge in [-0.1, -0.05) is 41.4 Å². The summed E-state index contributed by atoms with van der Waals surface area (Å²) in [6.45, 7) is 0. The zero-order valence-electron chi connectivity index (χ0n) is 11.2. The van der Waals surface area contributed by atoms with E-state index in [-0.39, 0.29) is 12.0 Å². The Labute approximate surface area is 136 Å². The van der Waals surface area contributed by atoms with Crippen molar-refractivity contribution in [3.05, 3.63) is 69.5 Å². The van der Waals surface area contributed by atoms with Crippen molar-refractivity contribution in [2.75, 3.05) is 0 Å². The minimum Gasteiger partial charge on any atom is -0.273 e. The molecule has 0 unspecified atom stereocenters. The molecular formula is C15H11Cl2FN2O2. The second-order valence-electron chi connectivity index (χ2n) is 4.39. The lowest BCUT2D eigenvalue weighted by molar-refractivity contribution is -0.121. The molecule has 114 valence electrons. The molecule has 0 aliphatic carbocycles. The molecule has 0 bridgehead atoms. The first kappa shape index (κ1) is 16.3. The van der Waals surface area contributed by atoms with Gasteiger partial charge in [-0.3, -0.25) is 20.4 Å². The topological polar surface area (TPSA) is 58.2 Å². The highest BCUT2D eigenvalue weighted by atomic mass is 35.5. The van der Waals surface area contributed by atoms with Crippen molar-refractivity contribution in [2.45, 2.75) is 6.42 Å². The number of hydrogen-bond donors (Lipinski definition) is 2. The average molecular weight is 341 g/mol. The van der Waals surface area contributed by atoms with E-state index in [9.17, 15) is 14.0 Å². The molecule has 2 rings (SSSR count). The molecular weight excluding hydrogens is 330 g/mol. The molecule has 0 saturated carbocycles. The van der Waals surface area contributed by atoms with E-state index in [2.05, 4.69) is 10.9 Å². The zero-order valence-corrected chi connectivity index (χ0v) is 12.7. The lowest BCUT2D eigenvalue weighted by Crippen LogP contribution is -2.42. The summed E-state index contributed by atoms with van der Waals surface area (Å²) in [5.74, 6) is -1.91. The van der Waals surface area contributed by atoms with Crippen LogP contribution in [0.3, 0.4) is 0 Å². The molecule has 0 saturated heterocycles. The van der Waals surface area contributed by atoms with Crippen LogP contribution in [-0.2, 0) is 11.2 Å². The molecule has 0 radical (unpaired) electrons.